The summed E-state index contributed by atoms with van der Waals surface area (Å²) in [5.74, 6) is 1.29. The Labute approximate surface area is 152 Å². The highest BCUT2D eigenvalue weighted by Crippen LogP contribution is 2.50. The molecule has 3 nitrogen and oxygen atoms in total. The van der Waals surface area contributed by atoms with Crippen LogP contribution in [0.1, 0.15) is 95.6 Å². The minimum atomic E-state index is -0.426. The van der Waals surface area contributed by atoms with Crippen LogP contribution in [0.25, 0.3) is 0 Å². The Morgan fingerprint density at radius 3 is 2.64 bits per heavy atom. The van der Waals surface area contributed by atoms with E-state index in [1.807, 2.05) is 6.07 Å². The molecule has 0 spiro atoms. The van der Waals surface area contributed by atoms with Crippen molar-refractivity contribution in [1.82, 2.24) is 0 Å². The summed E-state index contributed by atoms with van der Waals surface area (Å²) in [6.45, 7) is 6.74. The van der Waals surface area contributed by atoms with E-state index >= 15 is 0 Å². The maximum atomic E-state index is 10.7. The summed E-state index contributed by atoms with van der Waals surface area (Å²) in [4.78, 5) is 0. The number of aromatic hydroxyl groups is 1. The third kappa shape index (κ3) is 3.81. The molecule has 2 N–H and O–H groups in total. The molecule has 3 atom stereocenters. The summed E-state index contributed by atoms with van der Waals surface area (Å²) < 4.78 is 6.15. The highest BCUT2D eigenvalue weighted by molar-refractivity contribution is 5.54. The molecule has 1 aliphatic heterocycles. The first kappa shape index (κ1) is 18.6. The first-order valence-electron chi connectivity index (χ1n) is 10.2. The molecule has 0 amide bonds. The quantitative estimate of drug-likeness (QED) is 0.676. The average Bonchev–Trinajstić information content (AvgIpc) is 2.85. The van der Waals surface area contributed by atoms with E-state index < -0.39 is 6.10 Å². The molecule has 0 bridgehead atoms. The topological polar surface area (TPSA) is 49.7 Å². The second kappa shape index (κ2) is 7.57. The number of aliphatic hydroxyl groups excluding tert-OH is 1. The molecule has 1 fully saturated rings. The fourth-order valence-corrected chi connectivity index (χ4v) is 4.54. The second-order valence-electron chi connectivity index (χ2n) is 8.64. The minimum Gasteiger partial charge on any atom is -0.508 e. The lowest BCUT2D eigenvalue weighted by atomic mass is 9.78. The van der Waals surface area contributed by atoms with Crippen LogP contribution in [-0.4, -0.2) is 22.4 Å². The van der Waals surface area contributed by atoms with Crippen LogP contribution in [0.4, 0.5) is 0 Å². The largest absolute Gasteiger partial charge is 0.508 e. The van der Waals surface area contributed by atoms with Crippen molar-refractivity contribution in [3.05, 3.63) is 23.3 Å². The Balaban J connectivity index is 1.82. The van der Waals surface area contributed by atoms with E-state index in [1.165, 1.54) is 25.7 Å². The van der Waals surface area contributed by atoms with E-state index in [4.69, 9.17) is 4.74 Å². The highest BCUT2D eigenvalue weighted by Gasteiger charge is 2.42. The first-order chi connectivity index (χ1) is 11.9. The Kier molecular flexibility index (Phi) is 5.62. The lowest BCUT2D eigenvalue weighted by molar-refractivity contribution is 0.0361. The molecule has 0 saturated heterocycles. The third-order valence-corrected chi connectivity index (χ3v) is 6.23. The molecule has 2 aliphatic rings. The van der Waals surface area contributed by atoms with Gasteiger partial charge in [-0.2, -0.15) is 0 Å². The Bertz CT molecular complexity index is 593. The fourth-order valence-electron chi connectivity index (χ4n) is 4.54. The van der Waals surface area contributed by atoms with Gasteiger partial charge in [0.05, 0.1) is 6.10 Å². The molecule has 3 heteroatoms. The summed E-state index contributed by atoms with van der Waals surface area (Å²) in [5.41, 5.74) is 2.09. The molecular formula is C22H34O3. The maximum absolute atomic E-state index is 10.7. The van der Waals surface area contributed by atoms with E-state index in [2.05, 4.69) is 26.8 Å². The van der Waals surface area contributed by atoms with Crippen molar-refractivity contribution in [3.63, 3.8) is 0 Å². The second-order valence-corrected chi connectivity index (χ2v) is 8.64. The number of phenols is 1. The minimum absolute atomic E-state index is 0.0207. The van der Waals surface area contributed by atoms with E-state index in [-0.39, 0.29) is 17.4 Å². The number of unbranched alkanes of at least 4 members (excludes halogenated alkanes) is 3. The van der Waals surface area contributed by atoms with Crippen molar-refractivity contribution in [2.45, 2.75) is 102 Å². The van der Waals surface area contributed by atoms with Crippen LogP contribution in [0.3, 0.4) is 0 Å². The molecule has 1 aliphatic carbocycles. The van der Waals surface area contributed by atoms with Crippen molar-refractivity contribution < 1.29 is 14.9 Å². The van der Waals surface area contributed by atoms with Gasteiger partial charge in [-0.3, -0.25) is 0 Å². The standard InChI is InChI=1S/C22H34O3/c1-4-5-6-9-12-22(2,3)15-13-18(24)20-16-10-7-8-11-17(23)21(16)25-19(20)14-15/h13-14,16-17,21,23-24H,4-12H2,1-3H3. The van der Waals surface area contributed by atoms with Gasteiger partial charge in [-0.15, -0.1) is 0 Å². The van der Waals surface area contributed by atoms with E-state index in [0.717, 1.165) is 49.0 Å². The maximum Gasteiger partial charge on any atom is 0.132 e. The number of phenolic OH excluding ortho intramolecular Hbond substituents is 1. The molecule has 0 aromatic heterocycles. The number of hydrogen-bond acceptors (Lipinski definition) is 3. The van der Waals surface area contributed by atoms with Crippen LogP contribution in [0.5, 0.6) is 11.5 Å². The molecular weight excluding hydrogens is 312 g/mol. The molecule has 3 rings (SSSR count). The van der Waals surface area contributed by atoms with E-state index in [0.29, 0.717) is 5.75 Å². The third-order valence-electron chi connectivity index (χ3n) is 6.23. The summed E-state index contributed by atoms with van der Waals surface area (Å²) in [5, 5.41) is 21.2. The zero-order valence-electron chi connectivity index (χ0n) is 16.1. The van der Waals surface area contributed by atoms with Gasteiger partial charge in [-0.1, -0.05) is 59.3 Å². The molecule has 0 radical (unpaired) electrons. The summed E-state index contributed by atoms with van der Waals surface area (Å²) in [6.07, 6.45) is 9.43. The Morgan fingerprint density at radius 2 is 1.88 bits per heavy atom. The van der Waals surface area contributed by atoms with E-state index in [1.54, 1.807) is 0 Å². The van der Waals surface area contributed by atoms with Crippen LogP contribution < -0.4 is 4.74 Å². The van der Waals surface area contributed by atoms with Gasteiger partial charge in [0.1, 0.15) is 17.6 Å². The SMILES string of the molecule is CCCCCCC(C)(C)c1cc(O)c2c(c1)OC1C(O)CCCCC21. The number of fused-ring (bicyclic) bond motifs is 3. The lowest BCUT2D eigenvalue weighted by Crippen LogP contribution is -2.31. The van der Waals surface area contributed by atoms with Crippen molar-refractivity contribution in [3.8, 4) is 11.5 Å². The number of ether oxygens (including phenoxy) is 1. The number of hydrogen-bond donors (Lipinski definition) is 2. The molecule has 140 valence electrons. The van der Waals surface area contributed by atoms with Crippen LogP contribution in [0, 0.1) is 0 Å². The van der Waals surface area contributed by atoms with Crippen molar-refractivity contribution >= 4 is 0 Å². The normalized spacial score (nSPS) is 25.8. The summed E-state index contributed by atoms with van der Waals surface area (Å²) in [6, 6.07) is 4.07. The predicted octanol–water partition coefficient (Wildman–Crippen LogP) is 5.42. The first-order valence-corrected chi connectivity index (χ1v) is 10.2. The fraction of sp³-hybridized carbons (Fsp3) is 0.727. The van der Waals surface area contributed by atoms with Gasteiger partial charge in [-0.05, 0) is 42.4 Å². The molecule has 1 heterocycles. The van der Waals surface area contributed by atoms with E-state index in [9.17, 15) is 10.2 Å². The molecule has 3 unspecified atom stereocenters. The summed E-state index contributed by atoms with van der Waals surface area (Å²) >= 11 is 0. The molecule has 25 heavy (non-hydrogen) atoms. The van der Waals surface area contributed by atoms with Crippen molar-refractivity contribution in [2.24, 2.45) is 0 Å². The number of benzene rings is 1. The average molecular weight is 347 g/mol. The zero-order chi connectivity index (χ0) is 18.0. The predicted molar refractivity (Wildman–Crippen MR) is 102 cm³/mol. The Hall–Kier alpha value is -1.22. The van der Waals surface area contributed by atoms with Gasteiger partial charge in [-0.25, -0.2) is 0 Å². The van der Waals surface area contributed by atoms with Crippen molar-refractivity contribution in [1.29, 1.82) is 0 Å². The smallest absolute Gasteiger partial charge is 0.132 e. The van der Waals surface area contributed by atoms with Gasteiger partial charge >= 0.3 is 0 Å². The monoisotopic (exact) mass is 346 g/mol. The van der Waals surface area contributed by atoms with Gasteiger partial charge in [0.25, 0.3) is 0 Å². The number of aliphatic hydroxyl groups is 1. The van der Waals surface area contributed by atoms with Gasteiger partial charge in [0, 0.05) is 11.5 Å². The van der Waals surface area contributed by atoms with Crippen LogP contribution >= 0.6 is 0 Å². The molecule has 1 aromatic carbocycles. The highest BCUT2D eigenvalue weighted by atomic mass is 16.5. The molecule has 1 saturated carbocycles. The van der Waals surface area contributed by atoms with Crippen LogP contribution in [0.2, 0.25) is 0 Å². The van der Waals surface area contributed by atoms with Crippen LogP contribution in [0.15, 0.2) is 12.1 Å². The summed E-state index contributed by atoms with van der Waals surface area (Å²) in [7, 11) is 0. The lowest BCUT2D eigenvalue weighted by Gasteiger charge is -2.26. The molecule has 1 aromatic rings. The zero-order valence-corrected chi connectivity index (χ0v) is 16.1. The van der Waals surface area contributed by atoms with Crippen molar-refractivity contribution in [2.75, 3.05) is 0 Å². The van der Waals surface area contributed by atoms with Crippen LogP contribution in [-0.2, 0) is 5.41 Å². The Morgan fingerprint density at radius 1 is 1.12 bits per heavy atom. The van der Waals surface area contributed by atoms with Gasteiger partial charge < -0.3 is 14.9 Å². The number of rotatable bonds is 6. The van der Waals surface area contributed by atoms with Gasteiger partial charge in [0.15, 0.2) is 0 Å². The van der Waals surface area contributed by atoms with Gasteiger partial charge in [0.2, 0.25) is 0 Å².